The minimum absolute atomic E-state index is 0.152. The van der Waals surface area contributed by atoms with Gasteiger partial charge in [0.25, 0.3) is 6.47 Å². The largest absolute Gasteiger partial charge is 0.497 e. The number of hydrogen-bond donors (Lipinski definition) is 1. The summed E-state index contributed by atoms with van der Waals surface area (Å²) in [6.45, 7) is 4.50. The summed E-state index contributed by atoms with van der Waals surface area (Å²) < 4.78 is 7.18. The number of rotatable bonds is 5. The van der Waals surface area contributed by atoms with Crippen molar-refractivity contribution in [1.82, 2.24) is 19.4 Å². The number of carbonyl (C=O) groups excluding carboxylic acids is 1. The van der Waals surface area contributed by atoms with Crippen LogP contribution >= 0.6 is 0 Å². The Balaban J connectivity index is 0.000000878. The van der Waals surface area contributed by atoms with Crippen molar-refractivity contribution >= 4 is 12.4 Å². The van der Waals surface area contributed by atoms with Gasteiger partial charge in [0.2, 0.25) is 5.91 Å². The molecular formula is C20H28N4O4. The molecule has 1 amide bonds. The number of carbonyl (C=O) groups is 2. The number of methoxy groups -OCH3 is 1. The van der Waals surface area contributed by atoms with E-state index in [0.717, 1.165) is 31.1 Å². The van der Waals surface area contributed by atoms with Crippen LogP contribution < -0.4 is 4.74 Å². The number of aromatic nitrogens is 2. The van der Waals surface area contributed by atoms with Gasteiger partial charge < -0.3 is 19.3 Å². The minimum Gasteiger partial charge on any atom is -0.497 e. The van der Waals surface area contributed by atoms with E-state index in [2.05, 4.69) is 36.0 Å². The van der Waals surface area contributed by atoms with Crippen LogP contribution in [-0.2, 0) is 22.6 Å². The lowest BCUT2D eigenvalue weighted by atomic mass is 10.0. The Labute approximate surface area is 165 Å². The van der Waals surface area contributed by atoms with Crippen LogP contribution in [0.15, 0.2) is 36.7 Å². The third kappa shape index (κ3) is 5.32. The third-order valence-corrected chi connectivity index (χ3v) is 4.92. The number of piperazine rings is 1. The van der Waals surface area contributed by atoms with Crippen LogP contribution in [0.25, 0.3) is 0 Å². The van der Waals surface area contributed by atoms with Crippen molar-refractivity contribution in [3.05, 3.63) is 48.0 Å². The molecule has 1 aliphatic rings. The molecule has 0 bridgehead atoms. The summed E-state index contributed by atoms with van der Waals surface area (Å²) in [5, 5.41) is 6.89. The van der Waals surface area contributed by atoms with E-state index in [-0.39, 0.29) is 18.4 Å². The molecule has 8 heteroatoms. The molecule has 1 N–H and O–H groups in total. The number of carboxylic acid groups (broad SMARTS) is 1. The molecule has 1 saturated heterocycles. The van der Waals surface area contributed by atoms with Crippen LogP contribution in [0, 0.1) is 0 Å². The Morgan fingerprint density at radius 3 is 2.61 bits per heavy atom. The zero-order chi connectivity index (χ0) is 20.5. The molecule has 2 aromatic rings. The van der Waals surface area contributed by atoms with Crippen molar-refractivity contribution < 1.29 is 19.4 Å². The highest BCUT2D eigenvalue weighted by atomic mass is 16.5. The zero-order valence-corrected chi connectivity index (χ0v) is 16.6. The molecule has 1 unspecified atom stereocenters. The number of amides is 1. The van der Waals surface area contributed by atoms with Gasteiger partial charge in [0, 0.05) is 38.4 Å². The molecule has 1 aliphatic heterocycles. The normalized spacial score (nSPS) is 16.8. The number of aryl methyl sites for hydroxylation is 1. The molecule has 28 heavy (non-hydrogen) atoms. The lowest BCUT2D eigenvalue weighted by Gasteiger charge is -2.39. The van der Waals surface area contributed by atoms with E-state index in [4.69, 9.17) is 14.6 Å². The zero-order valence-electron chi connectivity index (χ0n) is 16.6. The van der Waals surface area contributed by atoms with E-state index in [0.29, 0.717) is 13.1 Å². The first-order valence-electron chi connectivity index (χ1n) is 9.23. The van der Waals surface area contributed by atoms with Crippen LogP contribution in [0.4, 0.5) is 0 Å². The fourth-order valence-corrected chi connectivity index (χ4v) is 3.33. The van der Waals surface area contributed by atoms with Crippen LogP contribution in [0.3, 0.4) is 0 Å². The average Bonchev–Trinajstić information content (AvgIpc) is 3.16. The lowest BCUT2D eigenvalue weighted by molar-refractivity contribution is -0.134. The number of benzene rings is 1. The van der Waals surface area contributed by atoms with E-state index in [1.165, 1.54) is 5.56 Å². The fourth-order valence-electron chi connectivity index (χ4n) is 3.33. The van der Waals surface area contributed by atoms with Crippen molar-refractivity contribution in [2.24, 2.45) is 0 Å². The predicted molar refractivity (Wildman–Crippen MR) is 105 cm³/mol. The quantitative estimate of drug-likeness (QED) is 0.784. The third-order valence-electron chi connectivity index (χ3n) is 4.92. The Hall–Kier alpha value is -2.87. The van der Waals surface area contributed by atoms with E-state index in [9.17, 15) is 4.79 Å². The molecule has 0 spiro atoms. The van der Waals surface area contributed by atoms with Gasteiger partial charge in [0.15, 0.2) is 0 Å². The molecule has 0 saturated carbocycles. The maximum absolute atomic E-state index is 12.8. The Bertz CT molecular complexity index is 760. The summed E-state index contributed by atoms with van der Waals surface area (Å²) in [5.74, 6) is 1.95. The number of ether oxygens (including phenoxy) is 1. The molecule has 0 aliphatic carbocycles. The maximum Gasteiger partial charge on any atom is 0.290 e. The van der Waals surface area contributed by atoms with Crippen LogP contribution in [0.5, 0.6) is 5.75 Å². The van der Waals surface area contributed by atoms with E-state index in [1.54, 1.807) is 13.3 Å². The average molecular weight is 388 g/mol. The summed E-state index contributed by atoms with van der Waals surface area (Å²) in [4.78, 5) is 29.7. The first kappa shape index (κ1) is 21.4. The summed E-state index contributed by atoms with van der Waals surface area (Å²) in [6, 6.07) is 8.32. The monoisotopic (exact) mass is 388 g/mol. The van der Waals surface area contributed by atoms with Crippen molar-refractivity contribution in [3.8, 4) is 5.75 Å². The number of nitrogens with zero attached hydrogens (tertiary/aromatic N) is 4. The van der Waals surface area contributed by atoms with Gasteiger partial charge in [-0.2, -0.15) is 0 Å². The van der Waals surface area contributed by atoms with Crippen molar-refractivity contribution in [3.63, 3.8) is 0 Å². The second-order valence-corrected chi connectivity index (χ2v) is 6.54. The highest BCUT2D eigenvalue weighted by molar-refractivity contribution is 5.76. The van der Waals surface area contributed by atoms with Gasteiger partial charge in [-0.25, -0.2) is 4.98 Å². The predicted octanol–water partition coefficient (Wildman–Crippen LogP) is 1.67. The Morgan fingerprint density at radius 2 is 2.00 bits per heavy atom. The van der Waals surface area contributed by atoms with Crippen molar-refractivity contribution in [2.75, 3.05) is 33.8 Å². The summed E-state index contributed by atoms with van der Waals surface area (Å²) in [5.41, 5.74) is 1.21. The molecule has 152 valence electrons. The minimum atomic E-state index is -0.250. The summed E-state index contributed by atoms with van der Waals surface area (Å²) in [6.07, 6.45) is 4.47. The number of imidazole rings is 1. The standard InChI is InChI=1S/C19H26N4O2.CH2O2/c1-4-18-20-9-10-22(18)14-19(24)23-12-11-21(2)17(13-23)15-5-7-16(25-3)8-6-15;2-1-3/h5-10,17H,4,11-14H2,1-3H3;1H,(H,2,3). The molecular weight excluding hydrogens is 360 g/mol. The molecule has 1 aromatic heterocycles. The van der Waals surface area contributed by atoms with Gasteiger partial charge in [-0.05, 0) is 24.7 Å². The first-order valence-corrected chi connectivity index (χ1v) is 9.23. The van der Waals surface area contributed by atoms with Crippen LogP contribution in [0.2, 0.25) is 0 Å². The molecule has 1 aromatic carbocycles. The van der Waals surface area contributed by atoms with Crippen molar-refractivity contribution in [1.29, 1.82) is 0 Å². The summed E-state index contributed by atoms with van der Waals surface area (Å²) >= 11 is 0. The first-order chi connectivity index (χ1) is 13.5. The number of hydrogen-bond acceptors (Lipinski definition) is 5. The van der Waals surface area contributed by atoms with Gasteiger partial charge in [0.1, 0.15) is 18.1 Å². The molecule has 0 radical (unpaired) electrons. The highest BCUT2D eigenvalue weighted by Gasteiger charge is 2.28. The molecule has 2 heterocycles. The molecule has 1 fully saturated rings. The lowest BCUT2D eigenvalue weighted by Crippen LogP contribution is -2.49. The molecule has 8 nitrogen and oxygen atoms in total. The second kappa shape index (κ2) is 10.5. The van der Waals surface area contributed by atoms with E-state index >= 15 is 0 Å². The van der Waals surface area contributed by atoms with Gasteiger partial charge in [-0.1, -0.05) is 19.1 Å². The fraction of sp³-hybridized carbons (Fsp3) is 0.450. The molecule has 1 atom stereocenters. The van der Waals surface area contributed by atoms with Gasteiger partial charge in [-0.15, -0.1) is 0 Å². The smallest absolute Gasteiger partial charge is 0.290 e. The number of likely N-dealkylation sites (N-methyl/N-ethyl adjacent to an activating group) is 1. The second-order valence-electron chi connectivity index (χ2n) is 6.54. The Kier molecular flexibility index (Phi) is 8.01. The van der Waals surface area contributed by atoms with Gasteiger partial charge in [-0.3, -0.25) is 14.5 Å². The van der Waals surface area contributed by atoms with Crippen LogP contribution in [-0.4, -0.2) is 70.6 Å². The van der Waals surface area contributed by atoms with E-state index in [1.807, 2.05) is 27.8 Å². The highest BCUT2D eigenvalue weighted by Crippen LogP contribution is 2.26. The Morgan fingerprint density at radius 1 is 1.32 bits per heavy atom. The topological polar surface area (TPSA) is 87.9 Å². The maximum atomic E-state index is 12.8. The SMILES string of the molecule is CCc1nccn1CC(=O)N1CCN(C)C(c2ccc(OC)cc2)C1.O=CO. The summed E-state index contributed by atoms with van der Waals surface area (Å²) in [7, 11) is 3.78. The van der Waals surface area contributed by atoms with Gasteiger partial charge in [0.05, 0.1) is 13.2 Å². The van der Waals surface area contributed by atoms with E-state index < -0.39 is 0 Å². The molecule has 3 rings (SSSR count). The van der Waals surface area contributed by atoms with Gasteiger partial charge >= 0.3 is 0 Å². The van der Waals surface area contributed by atoms with Crippen molar-refractivity contribution in [2.45, 2.75) is 25.9 Å². The van der Waals surface area contributed by atoms with Crippen LogP contribution in [0.1, 0.15) is 24.4 Å².